The van der Waals surface area contributed by atoms with Crippen LogP contribution in [0.1, 0.15) is 28.0 Å². The first-order valence-corrected chi connectivity index (χ1v) is 6.63. The number of rotatable bonds is 4. The quantitative estimate of drug-likeness (QED) is 0.812. The number of benzene rings is 1. The lowest BCUT2D eigenvalue weighted by molar-refractivity contribution is 0.0981. The lowest BCUT2D eigenvalue weighted by atomic mass is 10.0. The van der Waals surface area contributed by atoms with Gasteiger partial charge in [-0.15, -0.1) is 0 Å². The molecule has 0 aliphatic carbocycles. The fourth-order valence-corrected chi connectivity index (χ4v) is 2.44. The van der Waals surface area contributed by atoms with Crippen molar-refractivity contribution in [3.05, 3.63) is 51.8 Å². The van der Waals surface area contributed by atoms with Crippen LogP contribution in [0.15, 0.2) is 34.9 Å². The van der Waals surface area contributed by atoms with E-state index < -0.39 is 0 Å². The van der Waals surface area contributed by atoms with Gasteiger partial charge in [-0.3, -0.25) is 9.48 Å². The van der Waals surface area contributed by atoms with Crippen molar-refractivity contribution in [2.45, 2.75) is 19.8 Å². The molecule has 2 rings (SSSR count). The fourth-order valence-electron chi connectivity index (χ4n) is 1.96. The van der Waals surface area contributed by atoms with Gasteiger partial charge in [0.05, 0.1) is 0 Å². The van der Waals surface area contributed by atoms with Crippen molar-refractivity contribution in [3.63, 3.8) is 0 Å². The van der Waals surface area contributed by atoms with E-state index >= 15 is 0 Å². The molecule has 94 valence electrons. The molecule has 2 aromatic rings. The highest BCUT2D eigenvalue weighted by molar-refractivity contribution is 9.10. The van der Waals surface area contributed by atoms with Crippen LogP contribution in [0.25, 0.3) is 0 Å². The van der Waals surface area contributed by atoms with E-state index in [0.717, 1.165) is 27.7 Å². The van der Waals surface area contributed by atoms with Gasteiger partial charge in [-0.2, -0.15) is 5.10 Å². The van der Waals surface area contributed by atoms with Crippen LogP contribution in [-0.4, -0.2) is 15.6 Å². The van der Waals surface area contributed by atoms with Gasteiger partial charge in [0, 0.05) is 35.4 Å². The van der Waals surface area contributed by atoms with Crippen LogP contribution < -0.4 is 0 Å². The normalized spacial score (nSPS) is 10.6. The van der Waals surface area contributed by atoms with Crippen molar-refractivity contribution < 1.29 is 4.79 Å². The zero-order chi connectivity index (χ0) is 13.1. The van der Waals surface area contributed by atoms with Gasteiger partial charge in [0.15, 0.2) is 5.78 Å². The second kappa shape index (κ2) is 5.48. The first kappa shape index (κ1) is 13.0. The van der Waals surface area contributed by atoms with E-state index in [2.05, 4.69) is 21.0 Å². The summed E-state index contributed by atoms with van der Waals surface area (Å²) in [6, 6.07) is 7.70. The van der Waals surface area contributed by atoms with E-state index in [4.69, 9.17) is 0 Å². The largest absolute Gasteiger partial charge is 0.294 e. The second-order valence-electron chi connectivity index (χ2n) is 4.33. The molecule has 0 fully saturated rings. The van der Waals surface area contributed by atoms with Crippen LogP contribution in [0.4, 0.5) is 0 Å². The standard InChI is InChI=1S/C14H15BrN2O/c1-10-9-11(15)3-5-13(10)14(18)6-4-12-7-8-16-17(12)2/h3,5,7-9H,4,6H2,1-2H3. The summed E-state index contributed by atoms with van der Waals surface area (Å²) in [7, 11) is 1.89. The first-order chi connectivity index (χ1) is 8.58. The summed E-state index contributed by atoms with van der Waals surface area (Å²) in [5.74, 6) is 0.182. The van der Waals surface area contributed by atoms with E-state index in [1.54, 1.807) is 6.20 Å². The summed E-state index contributed by atoms with van der Waals surface area (Å²) < 4.78 is 2.81. The van der Waals surface area contributed by atoms with Gasteiger partial charge in [-0.1, -0.05) is 22.0 Å². The zero-order valence-electron chi connectivity index (χ0n) is 10.5. The van der Waals surface area contributed by atoms with Crippen LogP contribution in [0.3, 0.4) is 0 Å². The molecule has 1 heterocycles. The molecule has 18 heavy (non-hydrogen) atoms. The Morgan fingerprint density at radius 1 is 1.39 bits per heavy atom. The predicted octanol–water partition coefficient (Wildman–Crippen LogP) is 3.31. The van der Waals surface area contributed by atoms with Gasteiger partial charge in [-0.25, -0.2) is 0 Å². The maximum absolute atomic E-state index is 12.1. The van der Waals surface area contributed by atoms with Crippen molar-refractivity contribution in [3.8, 4) is 0 Å². The Bertz CT molecular complexity index is 575. The molecule has 0 atom stereocenters. The molecule has 0 radical (unpaired) electrons. The highest BCUT2D eigenvalue weighted by Gasteiger charge is 2.10. The van der Waals surface area contributed by atoms with Gasteiger partial charge in [0.1, 0.15) is 0 Å². The first-order valence-electron chi connectivity index (χ1n) is 5.84. The molecule has 0 saturated carbocycles. The van der Waals surface area contributed by atoms with E-state index in [1.165, 1.54) is 0 Å². The number of hydrogen-bond acceptors (Lipinski definition) is 2. The van der Waals surface area contributed by atoms with E-state index in [0.29, 0.717) is 6.42 Å². The Morgan fingerprint density at radius 2 is 2.17 bits per heavy atom. The maximum atomic E-state index is 12.1. The number of aryl methyl sites for hydroxylation is 3. The average Bonchev–Trinajstić information content (AvgIpc) is 2.72. The molecule has 0 aliphatic heterocycles. The Kier molecular flexibility index (Phi) is 3.97. The number of nitrogens with zero attached hydrogens (tertiary/aromatic N) is 2. The molecule has 0 N–H and O–H groups in total. The number of halogens is 1. The maximum Gasteiger partial charge on any atom is 0.163 e. The average molecular weight is 307 g/mol. The lowest BCUT2D eigenvalue weighted by Crippen LogP contribution is -2.06. The van der Waals surface area contributed by atoms with Crippen LogP contribution in [-0.2, 0) is 13.5 Å². The lowest BCUT2D eigenvalue weighted by Gasteiger charge is -2.06. The molecule has 0 amide bonds. The number of hydrogen-bond donors (Lipinski definition) is 0. The molecule has 1 aromatic carbocycles. The molecule has 0 spiro atoms. The van der Waals surface area contributed by atoms with Crippen molar-refractivity contribution in [1.29, 1.82) is 0 Å². The molecule has 0 bridgehead atoms. The Morgan fingerprint density at radius 3 is 2.78 bits per heavy atom. The summed E-state index contributed by atoms with van der Waals surface area (Å²) in [6.45, 7) is 1.96. The number of ketones is 1. The Labute approximate surface area is 115 Å². The minimum Gasteiger partial charge on any atom is -0.294 e. The van der Waals surface area contributed by atoms with Crippen LogP contribution in [0, 0.1) is 6.92 Å². The summed E-state index contributed by atoms with van der Waals surface area (Å²) in [5, 5.41) is 4.10. The second-order valence-corrected chi connectivity index (χ2v) is 5.24. The summed E-state index contributed by atoms with van der Waals surface area (Å²) >= 11 is 3.40. The third-order valence-corrected chi connectivity index (χ3v) is 3.51. The van der Waals surface area contributed by atoms with Crippen LogP contribution >= 0.6 is 15.9 Å². The predicted molar refractivity (Wildman–Crippen MR) is 74.7 cm³/mol. The zero-order valence-corrected chi connectivity index (χ0v) is 12.1. The molecule has 3 nitrogen and oxygen atoms in total. The number of carbonyl (C=O) groups is 1. The van der Waals surface area contributed by atoms with E-state index in [-0.39, 0.29) is 5.78 Å². The fraction of sp³-hybridized carbons (Fsp3) is 0.286. The van der Waals surface area contributed by atoms with E-state index in [9.17, 15) is 4.79 Å². The van der Waals surface area contributed by atoms with Gasteiger partial charge >= 0.3 is 0 Å². The van der Waals surface area contributed by atoms with Crippen molar-refractivity contribution >= 4 is 21.7 Å². The summed E-state index contributed by atoms with van der Waals surface area (Å²) in [6.07, 6.45) is 3.00. The SMILES string of the molecule is Cc1cc(Br)ccc1C(=O)CCc1ccnn1C. The molecular formula is C14H15BrN2O. The number of aromatic nitrogens is 2. The molecule has 4 heteroatoms. The van der Waals surface area contributed by atoms with Gasteiger partial charge < -0.3 is 0 Å². The minimum absolute atomic E-state index is 0.182. The van der Waals surface area contributed by atoms with Crippen molar-refractivity contribution in [1.82, 2.24) is 9.78 Å². The molecular weight excluding hydrogens is 292 g/mol. The third-order valence-electron chi connectivity index (χ3n) is 3.02. The number of carbonyl (C=O) groups excluding carboxylic acids is 1. The summed E-state index contributed by atoms with van der Waals surface area (Å²) in [4.78, 5) is 12.1. The molecule has 0 unspecified atom stereocenters. The Hall–Kier alpha value is -1.42. The smallest absolute Gasteiger partial charge is 0.163 e. The third kappa shape index (κ3) is 2.88. The Balaban J connectivity index is 2.06. The molecule has 0 saturated heterocycles. The van der Waals surface area contributed by atoms with Crippen molar-refractivity contribution in [2.24, 2.45) is 7.05 Å². The van der Waals surface area contributed by atoms with Gasteiger partial charge in [-0.05, 0) is 37.1 Å². The van der Waals surface area contributed by atoms with Gasteiger partial charge in [0.25, 0.3) is 0 Å². The monoisotopic (exact) mass is 306 g/mol. The number of Topliss-reactive ketones (excluding diaryl/α,β-unsaturated/α-hetero) is 1. The molecule has 0 aliphatic rings. The highest BCUT2D eigenvalue weighted by Crippen LogP contribution is 2.18. The van der Waals surface area contributed by atoms with Crippen LogP contribution in [0.2, 0.25) is 0 Å². The highest BCUT2D eigenvalue weighted by atomic mass is 79.9. The summed E-state index contributed by atoms with van der Waals surface area (Å²) in [5.41, 5.74) is 2.90. The van der Waals surface area contributed by atoms with E-state index in [1.807, 2.05) is 42.9 Å². The van der Waals surface area contributed by atoms with Crippen molar-refractivity contribution in [2.75, 3.05) is 0 Å². The molecule has 1 aromatic heterocycles. The minimum atomic E-state index is 0.182. The topological polar surface area (TPSA) is 34.9 Å². The van der Waals surface area contributed by atoms with Gasteiger partial charge in [0.2, 0.25) is 0 Å². The van der Waals surface area contributed by atoms with Crippen LogP contribution in [0.5, 0.6) is 0 Å².